The number of ether oxygens (including phenoxy) is 2. The molecule has 1 aromatic rings. The molecule has 2 atom stereocenters. The van der Waals surface area contributed by atoms with Gasteiger partial charge < -0.3 is 19.5 Å². The number of nitrogens with zero attached hydrogens (tertiary/aromatic N) is 1. The van der Waals surface area contributed by atoms with Crippen LogP contribution in [0.1, 0.15) is 25.0 Å². The highest BCUT2D eigenvalue weighted by Crippen LogP contribution is 2.31. The van der Waals surface area contributed by atoms with Gasteiger partial charge in [0.15, 0.2) is 0 Å². The predicted octanol–water partition coefficient (Wildman–Crippen LogP) is 1.61. The number of benzene rings is 1. The summed E-state index contributed by atoms with van der Waals surface area (Å²) in [6.07, 6.45) is -0.197. The van der Waals surface area contributed by atoms with Crippen LogP contribution in [0.5, 0.6) is 11.5 Å². The third kappa shape index (κ3) is 3.04. The Bertz CT molecular complexity index is 489. The highest BCUT2D eigenvalue weighted by atomic mass is 16.5. The van der Waals surface area contributed by atoms with E-state index in [1.807, 2.05) is 6.92 Å². The fourth-order valence-corrected chi connectivity index (χ4v) is 2.55. The molecule has 1 aromatic carbocycles. The average Bonchev–Trinajstić information content (AvgIpc) is 2.75. The summed E-state index contributed by atoms with van der Waals surface area (Å²) in [6.45, 7) is 3.04. The fourth-order valence-electron chi connectivity index (χ4n) is 2.55. The number of amides is 1. The lowest BCUT2D eigenvalue weighted by atomic mass is 10.1. The molecule has 5 nitrogen and oxygen atoms in total. The van der Waals surface area contributed by atoms with Crippen molar-refractivity contribution in [3.05, 3.63) is 23.8 Å². The molecule has 20 heavy (non-hydrogen) atoms. The minimum atomic E-state index is -0.759. The second kappa shape index (κ2) is 6.13. The maximum Gasteiger partial charge on any atom is 0.223 e. The van der Waals surface area contributed by atoms with E-state index in [9.17, 15) is 9.90 Å². The Morgan fingerprint density at radius 2 is 2.15 bits per heavy atom. The number of rotatable bonds is 5. The van der Waals surface area contributed by atoms with Crippen molar-refractivity contribution in [3.63, 3.8) is 0 Å². The number of carbonyl (C=O) groups excluding carboxylic acids is 1. The van der Waals surface area contributed by atoms with Crippen LogP contribution in [-0.4, -0.2) is 43.2 Å². The van der Waals surface area contributed by atoms with Crippen LogP contribution in [0.3, 0.4) is 0 Å². The largest absolute Gasteiger partial charge is 0.497 e. The van der Waals surface area contributed by atoms with Gasteiger partial charge in [-0.1, -0.05) is 6.92 Å². The molecule has 0 saturated carbocycles. The molecule has 5 heteroatoms. The van der Waals surface area contributed by atoms with Crippen LogP contribution in [0.4, 0.5) is 0 Å². The third-order valence-corrected chi connectivity index (χ3v) is 3.60. The quantitative estimate of drug-likeness (QED) is 0.889. The molecule has 0 aromatic heterocycles. The Labute approximate surface area is 119 Å². The van der Waals surface area contributed by atoms with Crippen molar-refractivity contribution in [2.24, 2.45) is 5.92 Å². The van der Waals surface area contributed by atoms with Gasteiger partial charge in [-0.2, -0.15) is 0 Å². The highest BCUT2D eigenvalue weighted by Gasteiger charge is 2.29. The van der Waals surface area contributed by atoms with Gasteiger partial charge in [-0.15, -0.1) is 0 Å². The molecular weight excluding hydrogens is 258 g/mol. The molecule has 0 spiro atoms. The zero-order chi connectivity index (χ0) is 14.7. The molecule has 1 heterocycles. The van der Waals surface area contributed by atoms with Crippen molar-refractivity contribution in [2.75, 3.05) is 27.3 Å². The van der Waals surface area contributed by atoms with Crippen molar-refractivity contribution >= 4 is 5.91 Å². The van der Waals surface area contributed by atoms with E-state index in [0.29, 0.717) is 42.5 Å². The van der Waals surface area contributed by atoms with Crippen molar-refractivity contribution in [1.29, 1.82) is 0 Å². The van der Waals surface area contributed by atoms with Gasteiger partial charge in [-0.05, 0) is 18.1 Å². The number of hydrogen-bond acceptors (Lipinski definition) is 4. The van der Waals surface area contributed by atoms with E-state index < -0.39 is 6.10 Å². The predicted molar refractivity (Wildman–Crippen MR) is 74.9 cm³/mol. The van der Waals surface area contributed by atoms with Crippen LogP contribution in [0.15, 0.2) is 18.2 Å². The van der Waals surface area contributed by atoms with Gasteiger partial charge in [0.1, 0.15) is 17.6 Å². The van der Waals surface area contributed by atoms with Crippen LogP contribution in [0.25, 0.3) is 0 Å². The van der Waals surface area contributed by atoms with Crippen LogP contribution >= 0.6 is 0 Å². The first kappa shape index (κ1) is 14.7. The summed E-state index contributed by atoms with van der Waals surface area (Å²) >= 11 is 0. The van der Waals surface area contributed by atoms with Gasteiger partial charge >= 0.3 is 0 Å². The van der Waals surface area contributed by atoms with Crippen molar-refractivity contribution in [3.8, 4) is 11.5 Å². The van der Waals surface area contributed by atoms with Gasteiger partial charge in [-0.3, -0.25) is 4.79 Å². The second-order valence-electron chi connectivity index (χ2n) is 5.23. The molecule has 1 fully saturated rings. The maximum atomic E-state index is 11.8. The number of methoxy groups -OCH3 is 2. The van der Waals surface area contributed by atoms with Crippen molar-refractivity contribution < 1.29 is 19.4 Å². The van der Waals surface area contributed by atoms with Crippen LogP contribution in [0.2, 0.25) is 0 Å². The number of carbonyl (C=O) groups is 1. The van der Waals surface area contributed by atoms with Crippen LogP contribution in [-0.2, 0) is 4.79 Å². The standard InChI is InChI=1S/C15H21NO4/c1-10-6-15(18)16(8-10)9-13(17)12-5-4-11(19-2)7-14(12)20-3/h4-5,7,10,13,17H,6,8-9H2,1-3H3. The first-order chi connectivity index (χ1) is 9.55. The van der Waals surface area contributed by atoms with Crippen LogP contribution in [0, 0.1) is 5.92 Å². The van der Waals surface area contributed by atoms with E-state index >= 15 is 0 Å². The first-order valence-electron chi connectivity index (χ1n) is 6.73. The van der Waals surface area contributed by atoms with Gasteiger partial charge in [0.2, 0.25) is 5.91 Å². The Hall–Kier alpha value is -1.75. The summed E-state index contributed by atoms with van der Waals surface area (Å²) < 4.78 is 10.4. The lowest BCUT2D eigenvalue weighted by molar-refractivity contribution is -0.129. The van der Waals surface area contributed by atoms with Crippen LogP contribution < -0.4 is 9.47 Å². The summed E-state index contributed by atoms with van der Waals surface area (Å²) in [4.78, 5) is 13.5. The Kier molecular flexibility index (Phi) is 4.49. The molecule has 110 valence electrons. The third-order valence-electron chi connectivity index (χ3n) is 3.60. The maximum absolute atomic E-state index is 11.8. The molecule has 0 radical (unpaired) electrons. The minimum absolute atomic E-state index is 0.101. The lowest BCUT2D eigenvalue weighted by Crippen LogP contribution is -2.30. The van der Waals surface area contributed by atoms with Gasteiger partial charge in [-0.25, -0.2) is 0 Å². The monoisotopic (exact) mass is 279 g/mol. The number of hydrogen-bond donors (Lipinski definition) is 1. The molecule has 0 bridgehead atoms. The summed E-state index contributed by atoms with van der Waals surface area (Å²) in [5.41, 5.74) is 0.667. The highest BCUT2D eigenvalue weighted by molar-refractivity contribution is 5.78. The molecule has 1 amide bonds. The molecular formula is C15H21NO4. The zero-order valence-electron chi connectivity index (χ0n) is 12.1. The summed E-state index contributed by atoms with van der Waals surface area (Å²) in [7, 11) is 3.13. The summed E-state index contributed by atoms with van der Waals surface area (Å²) in [6, 6.07) is 5.27. The van der Waals surface area contributed by atoms with Gasteiger partial charge in [0.25, 0.3) is 0 Å². The fraction of sp³-hybridized carbons (Fsp3) is 0.533. The second-order valence-corrected chi connectivity index (χ2v) is 5.23. The van der Waals surface area contributed by atoms with Crippen molar-refractivity contribution in [1.82, 2.24) is 4.90 Å². The number of β-amino-alcohol motifs (C(OH)–C–C–N with tert-alkyl or cyclic N) is 1. The molecule has 2 unspecified atom stereocenters. The Balaban J connectivity index is 2.12. The van der Waals surface area contributed by atoms with Gasteiger partial charge in [0, 0.05) is 24.6 Å². The normalized spacial score (nSPS) is 20.1. The SMILES string of the molecule is COc1ccc(C(O)CN2CC(C)CC2=O)c(OC)c1. The number of aliphatic hydroxyl groups excluding tert-OH is 1. The van der Waals surface area contributed by atoms with E-state index in [1.54, 1.807) is 37.3 Å². The minimum Gasteiger partial charge on any atom is -0.497 e. The molecule has 1 saturated heterocycles. The topological polar surface area (TPSA) is 59.0 Å². The van der Waals surface area contributed by atoms with E-state index in [-0.39, 0.29) is 5.91 Å². The Morgan fingerprint density at radius 1 is 1.40 bits per heavy atom. The van der Waals surface area contributed by atoms with Gasteiger partial charge in [0.05, 0.1) is 20.8 Å². The average molecular weight is 279 g/mol. The van der Waals surface area contributed by atoms with E-state index in [4.69, 9.17) is 9.47 Å². The summed E-state index contributed by atoms with van der Waals surface area (Å²) in [5.74, 6) is 1.69. The number of likely N-dealkylation sites (tertiary alicyclic amines) is 1. The molecule has 1 aliphatic rings. The lowest BCUT2D eigenvalue weighted by Gasteiger charge is -2.22. The number of aliphatic hydroxyl groups is 1. The van der Waals surface area contributed by atoms with E-state index in [1.165, 1.54) is 0 Å². The van der Waals surface area contributed by atoms with E-state index in [2.05, 4.69) is 0 Å². The summed E-state index contributed by atoms with van der Waals surface area (Å²) in [5, 5.41) is 10.3. The molecule has 2 rings (SSSR count). The molecule has 1 aliphatic heterocycles. The molecule has 1 N–H and O–H groups in total. The Morgan fingerprint density at radius 3 is 2.70 bits per heavy atom. The first-order valence-corrected chi connectivity index (χ1v) is 6.73. The smallest absolute Gasteiger partial charge is 0.223 e. The van der Waals surface area contributed by atoms with Crippen molar-refractivity contribution in [2.45, 2.75) is 19.4 Å². The van der Waals surface area contributed by atoms with E-state index in [0.717, 1.165) is 0 Å². The molecule has 0 aliphatic carbocycles. The zero-order valence-corrected chi connectivity index (χ0v) is 12.1.